The predicted octanol–water partition coefficient (Wildman–Crippen LogP) is 3.18. The van der Waals surface area contributed by atoms with Crippen molar-refractivity contribution in [2.75, 3.05) is 14.2 Å². The van der Waals surface area contributed by atoms with Crippen LogP contribution in [0.4, 0.5) is 0 Å². The summed E-state index contributed by atoms with van der Waals surface area (Å²) in [5.74, 6) is -0.00580. The Balaban J connectivity index is 1.92. The lowest BCUT2D eigenvalue weighted by molar-refractivity contribution is 0.380. The maximum atomic E-state index is 12.9. The summed E-state index contributed by atoms with van der Waals surface area (Å²) in [7, 11) is -0.800. The molecule has 0 fully saturated rings. The van der Waals surface area contributed by atoms with Crippen molar-refractivity contribution in [3.8, 4) is 22.9 Å². The standard InChI is InChI=1S/C18H16ClN3O4S/c1-25-16-4-3-15(19)6-17(16)27(23,24)11-12-5-13(8-20-7-12)14-9-21-18(26-2)22-10-14/h3-10H,11H2,1-2H3. The number of hydrogen-bond acceptors (Lipinski definition) is 7. The zero-order chi connectivity index (χ0) is 19.4. The van der Waals surface area contributed by atoms with E-state index in [-0.39, 0.29) is 22.4 Å². The van der Waals surface area contributed by atoms with E-state index in [1.54, 1.807) is 30.7 Å². The van der Waals surface area contributed by atoms with Crippen LogP contribution >= 0.6 is 11.6 Å². The first kappa shape index (κ1) is 19.1. The lowest BCUT2D eigenvalue weighted by Crippen LogP contribution is -2.07. The van der Waals surface area contributed by atoms with Crippen molar-refractivity contribution >= 4 is 21.4 Å². The minimum absolute atomic E-state index is 0.0377. The predicted molar refractivity (Wildman–Crippen MR) is 101 cm³/mol. The molecule has 0 aliphatic carbocycles. The molecule has 2 heterocycles. The summed E-state index contributed by atoms with van der Waals surface area (Å²) in [6.45, 7) is 0. The molecule has 0 unspecified atom stereocenters. The molecule has 140 valence electrons. The van der Waals surface area contributed by atoms with Crippen molar-refractivity contribution in [2.24, 2.45) is 0 Å². The zero-order valence-electron chi connectivity index (χ0n) is 14.6. The van der Waals surface area contributed by atoms with Gasteiger partial charge in [0.25, 0.3) is 0 Å². The van der Waals surface area contributed by atoms with Gasteiger partial charge in [-0.2, -0.15) is 0 Å². The molecule has 7 nitrogen and oxygen atoms in total. The van der Waals surface area contributed by atoms with E-state index in [0.29, 0.717) is 21.7 Å². The Morgan fingerprint density at radius 2 is 1.70 bits per heavy atom. The van der Waals surface area contributed by atoms with Crippen LogP contribution < -0.4 is 9.47 Å². The van der Waals surface area contributed by atoms with Crippen LogP contribution in [0.1, 0.15) is 5.56 Å². The van der Waals surface area contributed by atoms with Crippen molar-refractivity contribution in [2.45, 2.75) is 10.6 Å². The molecule has 0 saturated carbocycles. The third-order valence-corrected chi connectivity index (χ3v) is 5.69. The minimum atomic E-state index is -3.69. The van der Waals surface area contributed by atoms with E-state index < -0.39 is 9.84 Å². The summed E-state index contributed by atoms with van der Waals surface area (Å²) in [4.78, 5) is 12.3. The van der Waals surface area contributed by atoms with Gasteiger partial charge in [-0.25, -0.2) is 18.4 Å². The summed E-state index contributed by atoms with van der Waals surface area (Å²) in [5.41, 5.74) is 1.91. The van der Waals surface area contributed by atoms with E-state index in [0.717, 1.165) is 0 Å². The Kier molecular flexibility index (Phi) is 5.57. The summed E-state index contributed by atoms with van der Waals surface area (Å²) < 4.78 is 35.8. The number of rotatable bonds is 6. The number of nitrogens with zero attached hydrogens (tertiary/aromatic N) is 3. The molecular formula is C18H16ClN3O4S. The van der Waals surface area contributed by atoms with Crippen molar-refractivity contribution in [1.82, 2.24) is 15.0 Å². The molecule has 1 aromatic carbocycles. The number of methoxy groups -OCH3 is 2. The van der Waals surface area contributed by atoms with Crippen molar-refractivity contribution in [1.29, 1.82) is 0 Å². The van der Waals surface area contributed by atoms with E-state index in [1.165, 1.54) is 32.5 Å². The molecule has 2 aromatic heterocycles. The number of hydrogen-bond donors (Lipinski definition) is 0. The average Bonchev–Trinajstić information content (AvgIpc) is 2.68. The van der Waals surface area contributed by atoms with Crippen LogP contribution in [-0.4, -0.2) is 37.6 Å². The van der Waals surface area contributed by atoms with Crippen molar-refractivity contribution in [3.05, 3.63) is 59.6 Å². The normalized spacial score (nSPS) is 11.2. The van der Waals surface area contributed by atoms with Gasteiger partial charge in [0.1, 0.15) is 10.6 Å². The maximum Gasteiger partial charge on any atom is 0.316 e. The monoisotopic (exact) mass is 405 g/mol. The first-order valence-corrected chi connectivity index (χ1v) is 9.82. The fourth-order valence-corrected chi connectivity index (χ4v) is 4.24. The van der Waals surface area contributed by atoms with Crippen LogP contribution in [0.25, 0.3) is 11.1 Å². The molecule has 0 aliphatic rings. The highest BCUT2D eigenvalue weighted by Gasteiger charge is 2.21. The Morgan fingerprint density at radius 1 is 0.963 bits per heavy atom. The number of aromatic nitrogens is 3. The van der Waals surface area contributed by atoms with Gasteiger partial charge < -0.3 is 9.47 Å². The molecule has 0 aliphatic heterocycles. The van der Waals surface area contributed by atoms with Crippen LogP contribution in [0.5, 0.6) is 11.8 Å². The lowest BCUT2D eigenvalue weighted by atomic mass is 10.1. The Bertz CT molecular complexity index is 1060. The largest absolute Gasteiger partial charge is 0.495 e. The number of benzene rings is 1. The Labute approximate surface area is 161 Å². The van der Waals surface area contributed by atoms with Gasteiger partial charge in [0.05, 0.1) is 20.0 Å². The maximum absolute atomic E-state index is 12.9. The van der Waals surface area contributed by atoms with Crippen LogP contribution in [0.3, 0.4) is 0 Å². The second kappa shape index (κ2) is 7.89. The summed E-state index contributed by atoms with van der Waals surface area (Å²) in [5, 5.41) is 0.316. The van der Waals surface area contributed by atoms with Gasteiger partial charge in [-0.3, -0.25) is 4.98 Å². The van der Waals surface area contributed by atoms with Gasteiger partial charge in [-0.1, -0.05) is 11.6 Å². The van der Waals surface area contributed by atoms with Crippen molar-refractivity contribution < 1.29 is 17.9 Å². The third kappa shape index (κ3) is 4.35. The fourth-order valence-electron chi connectivity index (χ4n) is 2.49. The van der Waals surface area contributed by atoms with Crippen LogP contribution in [-0.2, 0) is 15.6 Å². The van der Waals surface area contributed by atoms with E-state index in [1.807, 2.05) is 0 Å². The SMILES string of the molecule is COc1ncc(-c2cncc(CS(=O)(=O)c3cc(Cl)ccc3OC)c2)cn1. The molecule has 0 amide bonds. The summed E-state index contributed by atoms with van der Waals surface area (Å²) in [6.07, 6.45) is 6.28. The number of ether oxygens (including phenoxy) is 2. The molecule has 0 spiro atoms. The van der Waals surface area contributed by atoms with E-state index in [4.69, 9.17) is 21.1 Å². The van der Waals surface area contributed by atoms with Gasteiger partial charge in [0.15, 0.2) is 9.84 Å². The van der Waals surface area contributed by atoms with Gasteiger partial charge in [-0.05, 0) is 29.8 Å². The van der Waals surface area contributed by atoms with Gasteiger partial charge in [0.2, 0.25) is 0 Å². The summed E-state index contributed by atoms with van der Waals surface area (Å²) >= 11 is 5.96. The first-order chi connectivity index (χ1) is 12.9. The average molecular weight is 406 g/mol. The molecular weight excluding hydrogens is 390 g/mol. The Hall–Kier alpha value is -2.71. The number of sulfone groups is 1. The van der Waals surface area contributed by atoms with Gasteiger partial charge in [0, 0.05) is 40.9 Å². The van der Waals surface area contributed by atoms with Crippen LogP contribution in [0.15, 0.2) is 53.9 Å². The van der Waals surface area contributed by atoms with E-state index in [9.17, 15) is 8.42 Å². The van der Waals surface area contributed by atoms with Crippen LogP contribution in [0, 0.1) is 0 Å². The molecule has 3 rings (SSSR count). The number of pyridine rings is 1. The molecule has 0 radical (unpaired) electrons. The molecule has 3 aromatic rings. The Morgan fingerprint density at radius 3 is 2.37 bits per heavy atom. The topological polar surface area (TPSA) is 91.3 Å². The molecule has 0 saturated heterocycles. The van der Waals surface area contributed by atoms with E-state index in [2.05, 4.69) is 15.0 Å². The minimum Gasteiger partial charge on any atom is -0.495 e. The zero-order valence-corrected chi connectivity index (χ0v) is 16.2. The number of halogens is 1. The smallest absolute Gasteiger partial charge is 0.316 e. The highest BCUT2D eigenvalue weighted by molar-refractivity contribution is 7.90. The highest BCUT2D eigenvalue weighted by Crippen LogP contribution is 2.30. The molecule has 0 bridgehead atoms. The van der Waals surface area contributed by atoms with Gasteiger partial charge in [-0.15, -0.1) is 0 Å². The highest BCUT2D eigenvalue weighted by atomic mass is 35.5. The summed E-state index contributed by atoms with van der Waals surface area (Å²) in [6, 6.07) is 6.46. The molecule has 0 atom stereocenters. The lowest BCUT2D eigenvalue weighted by Gasteiger charge is -2.10. The second-order valence-corrected chi connectivity index (χ2v) is 7.99. The molecule has 9 heteroatoms. The quantitative estimate of drug-likeness (QED) is 0.621. The van der Waals surface area contributed by atoms with Gasteiger partial charge >= 0.3 is 6.01 Å². The third-order valence-electron chi connectivity index (χ3n) is 3.76. The van der Waals surface area contributed by atoms with E-state index >= 15 is 0 Å². The molecule has 27 heavy (non-hydrogen) atoms. The molecule has 0 N–H and O–H groups in total. The van der Waals surface area contributed by atoms with Crippen molar-refractivity contribution in [3.63, 3.8) is 0 Å². The fraction of sp³-hybridized carbons (Fsp3) is 0.167. The first-order valence-electron chi connectivity index (χ1n) is 7.79. The van der Waals surface area contributed by atoms with Crippen LogP contribution in [0.2, 0.25) is 5.02 Å². The second-order valence-electron chi connectivity index (χ2n) is 5.59.